The van der Waals surface area contributed by atoms with Gasteiger partial charge in [0.05, 0.1) is 11.8 Å². The molecule has 0 heterocycles. The standard InChI is InChI=1S/C9H21N3O3S/c1-3-11-9(13)8(2)12-16(14,15)7-5-4-6-10/h8,12H,3-7,10H2,1-2H3,(H,11,13). The molecule has 0 bridgehead atoms. The summed E-state index contributed by atoms with van der Waals surface area (Å²) in [5.74, 6) is -0.307. The molecule has 96 valence electrons. The van der Waals surface area contributed by atoms with Crippen molar-refractivity contribution in [3.63, 3.8) is 0 Å². The van der Waals surface area contributed by atoms with E-state index in [1.165, 1.54) is 6.92 Å². The van der Waals surface area contributed by atoms with E-state index in [4.69, 9.17) is 5.73 Å². The first-order valence-electron chi connectivity index (χ1n) is 5.40. The molecule has 0 aliphatic carbocycles. The third-order valence-electron chi connectivity index (χ3n) is 1.97. The van der Waals surface area contributed by atoms with Crippen molar-refractivity contribution >= 4 is 15.9 Å². The van der Waals surface area contributed by atoms with Gasteiger partial charge in [-0.25, -0.2) is 13.1 Å². The summed E-state index contributed by atoms with van der Waals surface area (Å²) >= 11 is 0. The fourth-order valence-corrected chi connectivity index (χ4v) is 2.49. The predicted molar refractivity (Wildman–Crippen MR) is 63.4 cm³/mol. The maximum Gasteiger partial charge on any atom is 0.237 e. The number of rotatable bonds is 8. The van der Waals surface area contributed by atoms with E-state index >= 15 is 0 Å². The van der Waals surface area contributed by atoms with Crippen molar-refractivity contribution in [1.29, 1.82) is 0 Å². The van der Waals surface area contributed by atoms with Gasteiger partial charge in [-0.1, -0.05) is 0 Å². The highest BCUT2D eigenvalue weighted by Crippen LogP contribution is 1.95. The van der Waals surface area contributed by atoms with Crippen LogP contribution in [0.5, 0.6) is 0 Å². The van der Waals surface area contributed by atoms with Crippen LogP contribution in [0, 0.1) is 0 Å². The Morgan fingerprint density at radius 1 is 1.38 bits per heavy atom. The van der Waals surface area contributed by atoms with E-state index in [-0.39, 0.29) is 11.7 Å². The summed E-state index contributed by atoms with van der Waals surface area (Å²) < 4.78 is 25.3. The van der Waals surface area contributed by atoms with E-state index in [0.29, 0.717) is 25.9 Å². The number of unbranched alkanes of at least 4 members (excludes halogenated alkanes) is 1. The third kappa shape index (κ3) is 6.76. The molecule has 4 N–H and O–H groups in total. The molecule has 0 fully saturated rings. The van der Waals surface area contributed by atoms with Crippen LogP contribution >= 0.6 is 0 Å². The van der Waals surface area contributed by atoms with Crippen molar-refractivity contribution in [2.24, 2.45) is 5.73 Å². The lowest BCUT2D eigenvalue weighted by molar-refractivity contribution is -0.122. The Labute approximate surface area is 97.0 Å². The fourth-order valence-electron chi connectivity index (χ4n) is 1.15. The van der Waals surface area contributed by atoms with Gasteiger partial charge in [0.25, 0.3) is 0 Å². The summed E-state index contributed by atoms with van der Waals surface area (Å²) in [6.07, 6.45) is 1.17. The van der Waals surface area contributed by atoms with Crippen LogP contribution in [-0.2, 0) is 14.8 Å². The lowest BCUT2D eigenvalue weighted by Gasteiger charge is -2.13. The largest absolute Gasteiger partial charge is 0.355 e. The van der Waals surface area contributed by atoms with E-state index in [1.807, 2.05) is 0 Å². The maximum absolute atomic E-state index is 11.5. The Balaban J connectivity index is 4.09. The normalized spacial score (nSPS) is 13.4. The average Bonchev–Trinajstić information content (AvgIpc) is 2.17. The molecule has 0 spiro atoms. The van der Waals surface area contributed by atoms with Gasteiger partial charge in [-0.3, -0.25) is 4.79 Å². The quantitative estimate of drug-likeness (QED) is 0.490. The highest BCUT2D eigenvalue weighted by Gasteiger charge is 2.18. The summed E-state index contributed by atoms with van der Waals surface area (Å²) in [7, 11) is -3.38. The maximum atomic E-state index is 11.5. The third-order valence-corrected chi connectivity index (χ3v) is 3.51. The number of carbonyl (C=O) groups is 1. The Morgan fingerprint density at radius 3 is 2.50 bits per heavy atom. The Bertz CT molecular complexity index is 303. The molecule has 1 atom stereocenters. The van der Waals surface area contributed by atoms with Gasteiger partial charge in [-0.2, -0.15) is 0 Å². The molecule has 0 aromatic carbocycles. The number of nitrogens with two attached hydrogens (primary N) is 1. The molecule has 1 unspecified atom stereocenters. The first kappa shape index (κ1) is 15.3. The SMILES string of the molecule is CCNC(=O)C(C)NS(=O)(=O)CCCCN. The van der Waals surface area contributed by atoms with Crippen LogP contribution in [0.25, 0.3) is 0 Å². The molecule has 0 aliphatic rings. The lowest BCUT2D eigenvalue weighted by atomic mass is 10.3. The van der Waals surface area contributed by atoms with Crippen molar-refractivity contribution in [1.82, 2.24) is 10.0 Å². The van der Waals surface area contributed by atoms with E-state index in [1.54, 1.807) is 6.92 Å². The minimum absolute atomic E-state index is 0.00788. The molecule has 0 saturated carbocycles. The van der Waals surface area contributed by atoms with Crippen molar-refractivity contribution in [3.05, 3.63) is 0 Å². The minimum Gasteiger partial charge on any atom is -0.355 e. The van der Waals surface area contributed by atoms with Gasteiger partial charge in [0, 0.05) is 6.54 Å². The second-order valence-corrected chi connectivity index (χ2v) is 5.42. The highest BCUT2D eigenvalue weighted by atomic mass is 32.2. The Kier molecular flexibility index (Phi) is 7.27. The molecule has 16 heavy (non-hydrogen) atoms. The molecule has 1 amide bonds. The molecule has 0 aliphatic heterocycles. The summed E-state index contributed by atoms with van der Waals surface area (Å²) in [5.41, 5.74) is 5.27. The number of carbonyl (C=O) groups excluding carboxylic acids is 1. The first-order chi connectivity index (χ1) is 7.43. The van der Waals surface area contributed by atoms with Crippen LogP contribution in [0.15, 0.2) is 0 Å². The van der Waals surface area contributed by atoms with Crippen molar-refractivity contribution in [2.75, 3.05) is 18.8 Å². The first-order valence-corrected chi connectivity index (χ1v) is 7.06. The van der Waals surface area contributed by atoms with Gasteiger partial charge in [0.15, 0.2) is 0 Å². The number of hydrogen-bond donors (Lipinski definition) is 3. The van der Waals surface area contributed by atoms with Crippen LogP contribution in [0.4, 0.5) is 0 Å². The van der Waals surface area contributed by atoms with Gasteiger partial charge in [-0.15, -0.1) is 0 Å². The molecule has 6 nitrogen and oxygen atoms in total. The molecular formula is C9H21N3O3S. The monoisotopic (exact) mass is 251 g/mol. The Morgan fingerprint density at radius 2 is 2.00 bits per heavy atom. The van der Waals surface area contributed by atoms with Gasteiger partial charge in [-0.05, 0) is 33.2 Å². The topological polar surface area (TPSA) is 101 Å². The number of likely N-dealkylation sites (N-methyl/N-ethyl adjacent to an activating group) is 1. The summed E-state index contributed by atoms with van der Waals surface area (Å²) in [5, 5.41) is 2.55. The molecule has 0 rings (SSSR count). The number of hydrogen-bond acceptors (Lipinski definition) is 4. The molecule has 7 heteroatoms. The molecule has 0 radical (unpaired) electrons. The van der Waals surface area contributed by atoms with Crippen molar-refractivity contribution in [3.8, 4) is 0 Å². The minimum atomic E-state index is -3.38. The van der Waals surface area contributed by atoms with Crippen LogP contribution in [-0.4, -0.2) is 39.2 Å². The zero-order chi connectivity index (χ0) is 12.6. The highest BCUT2D eigenvalue weighted by molar-refractivity contribution is 7.89. The molecule has 0 aromatic rings. The van der Waals surface area contributed by atoms with Crippen LogP contribution in [0.2, 0.25) is 0 Å². The lowest BCUT2D eigenvalue weighted by Crippen LogP contribution is -2.45. The summed E-state index contributed by atoms with van der Waals surface area (Å²) in [6.45, 7) is 4.26. The smallest absolute Gasteiger partial charge is 0.237 e. The summed E-state index contributed by atoms with van der Waals surface area (Å²) in [4.78, 5) is 11.3. The van der Waals surface area contributed by atoms with E-state index in [2.05, 4.69) is 10.0 Å². The van der Waals surface area contributed by atoms with Crippen molar-refractivity contribution < 1.29 is 13.2 Å². The van der Waals surface area contributed by atoms with Crippen LogP contribution in [0.3, 0.4) is 0 Å². The van der Waals surface area contributed by atoms with Gasteiger partial charge < -0.3 is 11.1 Å². The molecule has 0 saturated heterocycles. The van der Waals surface area contributed by atoms with Crippen LogP contribution in [0.1, 0.15) is 26.7 Å². The second kappa shape index (κ2) is 7.59. The van der Waals surface area contributed by atoms with Gasteiger partial charge in [0.1, 0.15) is 0 Å². The van der Waals surface area contributed by atoms with Gasteiger partial charge in [0.2, 0.25) is 15.9 Å². The summed E-state index contributed by atoms with van der Waals surface area (Å²) in [6, 6.07) is -0.733. The Hall–Kier alpha value is -0.660. The molecular weight excluding hydrogens is 230 g/mol. The number of amides is 1. The van der Waals surface area contributed by atoms with Crippen LogP contribution < -0.4 is 15.8 Å². The van der Waals surface area contributed by atoms with E-state index in [0.717, 1.165) is 0 Å². The van der Waals surface area contributed by atoms with Gasteiger partial charge >= 0.3 is 0 Å². The fraction of sp³-hybridized carbons (Fsp3) is 0.889. The zero-order valence-electron chi connectivity index (χ0n) is 9.82. The average molecular weight is 251 g/mol. The van der Waals surface area contributed by atoms with Crippen molar-refractivity contribution in [2.45, 2.75) is 32.7 Å². The molecule has 0 aromatic heterocycles. The number of sulfonamides is 1. The van der Waals surface area contributed by atoms with E-state index < -0.39 is 16.1 Å². The van der Waals surface area contributed by atoms with E-state index in [9.17, 15) is 13.2 Å². The zero-order valence-corrected chi connectivity index (χ0v) is 10.6. The number of nitrogens with one attached hydrogen (secondary N) is 2. The predicted octanol–water partition coefficient (Wildman–Crippen LogP) is -0.831. The second-order valence-electron chi connectivity index (χ2n) is 3.55.